The van der Waals surface area contributed by atoms with Crippen molar-refractivity contribution in [3.63, 3.8) is 0 Å². The number of halogens is 3. The minimum atomic E-state index is -0.506. The fraction of sp³-hybridized carbons (Fsp3) is 0.600. The highest BCUT2D eigenvalue weighted by Gasteiger charge is 2.25. The highest BCUT2D eigenvalue weighted by atomic mass is 79.9. The van der Waals surface area contributed by atoms with Crippen molar-refractivity contribution in [3.8, 4) is 0 Å². The lowest BCUT2D eigenvalue weighted by molar-refractivity contribution is 0.285. The second kappa shape index (κ2) is 6.14. The maximum Gasteiger partial charge on any atom is 0.129 e. The van der Waals surface area contributed by atoms with Crippen molar-refractivity contribution in [2.75, 3.05) is 0 Å². The molecule has 0 aliphatic heterocycles. The highest BCUT2D eigenvalue weighted by Crippen LogP contribution is 2.34. The van der Waals surface area contributed by atoms with Gasteiger partial charge in [-0.3, -0.25) is 0 Å². The van der Waals surface area contributed by atoms with Crippen LogP contribution < -0.4 is 0 Å². The van der Waals surface area contributed by atoms with Crippen LogP contribution in [-0.2, 0) is 6.42 Å². The molecule has 1 atom stereocenters. The molecule has 0 saturated heterocycles. The van der Waals surface area contributed by atoms with Crippen molar-refractivity contribution in [1.29, 1.82) is 0 Å². The lowest BCUT2D eigenvalue weighted by Gasteiger charge is -2.29. The number of hydrogen-bond donors (Lipinski definition) is 0. The molecule has 1 saturated carbocycles. The van der Waals surface area contributed by atoms with Crippen LogP contribution in [0.2, 0.25) is 0 Å². The summed E-state index contributed by atoms with van der Waals surface area (Å²) >= 11 is 3.69. The summed E-state index contributed by atoms with van der Waals surface area (Å²) in [7, 11) is 0. The second-order valence-corrected chi connectivity index (χ2v) is 6.65. The van der Waals surface area contributed by atoms with Crippen LogP contribution >= 0.6 is 15.9 Å². The molecule has 1 unspecified atom stereocenters. The summed E-state index contributed by atoms with van der Waals surface area (Å²) in [5.74, 6) is 0.506. The van der Waals surface area contributed by atoms with Gasteiger partial charge in [0, 0.05) is 10.9 Å². The monoisotopic (exact) mass is 316 g/mol. The molecule has 1 aromatic carbocycles. The molecule has 3 heteroatoms. The molecule has 0 heterocycles. The first kappa shape index (κ1) is 14.0. The van der Waals surface area contributed by atoms with Crippen LogP contribution in [0.25, 0.3) is 0 Å². The first-order valence-corrected chi connectivity index (χ1v) is 7.56. The molecule has 1 aliphatic rings. The van der Waals surface area contributed by atoms with E-state index in [1.165, 1.54) is 31.7 Å². The number of hydrogen-bond acceptors (Lipinski definition) is 0. The Balaban J connectivity index is 1.96. The van der Waals surface area contributed by atoms with Gasteiger partial charge >= 0.3 is 0 Å². The minimum Gasteiger partial charge on any atom is -0.207 e. The van der Waals surface area contributed by atoms with E-state index in [1.54, 1.807) is 6.07 Å². The Morgan fingerprint density at radius 1 is 1.22 bits per heavy atom. The van der Waals surface area contributed by atoms with Crippen molar-refractivity contribution in [2.24, 2.45) is 11.8 Å². The Bertz CT molecular complexity index is 397. The summed E-state index contributed by atoms with van der Waals surface area (Å²) in [5.41, 5.74) is 0.608. The highest BCUT2D eigenvalue weighted by molar-refractivity contribution is 9.09. The van der Waals surface area contributed by atoms with Gasteiger partial charge in [-0.05, 0) is 42.7 Å². The third-order valence-corrected chi connectivity index (χ3v) is 5.07. The Morgan fingerprint density at radius 3 is 2.50 bits per heavy atom. The molecule has 2 rings (SSSR count). The van der Waals surface area contributed by atoms with Crippen molar-refractivity contribution < 1.29 is 8.78 Å². The first-order chi connectivity index (χ1) is 8.56. The van der Waals surface area contributed by atoms with Crippen molar-refractivity contribution in [1.82, 2.24) is 0 Å². The zero-order valence-electron chi connectivity index (χ0n) is 10.6. The number of alkyl halides is 1. The molecule has 0 nitrogen and oxygen atoms in total. The molecule has 0 bridgehead atoms. The largest absolute Gasteiger partial charge is 0.207 e. The minimum absolute atomic E-state index is 0.296. The predicted octanol–water partition coefficient (Wildman–Crippen LogP) is 5.10. The Hall–Kier alpha value is -0.440. The molecule has 0 radical (unpaired) electrons. The van der Waals surface area contributed by atoms with Crippen molar-refractivity contribution in [2.45, 2.75) is 43.9 Å². The van der Waals surface area contributed by atoms with Gasteiger partial charge in [0.05, 0.1) is 0 Å². The molecule has 0 N–H and O–H groups in total. The van der Waals surface area contributed by atoms with E-state index in [-0.39, 0.29) is 0 Å². The molecule has 0 amide bonds. The Labute approximate surface area is 116 Å². The van der Waals surface area contributed by atoms with Crippen LogP contribution in [0, 0.1) is 23.5 Å². The summed E-state index contributed by atoms with van der Waals surface area (Å²) in [6.07, 6.45) is 5.59. The van der Waals surface area contributed by atoms with Gasteiger partial charge in [-0.1, -0.05) is 41.8 Å². The maximum absolute atomic E-state index is 13.6. The molecule has 100 valence electrons. The van der Waals surface area contributed by atoms with Gasteiger partial charge in [0.1, 0.15) is 11.6 Å². The smallest absolute Gasteiger partial charge is 0.129 e. The fourth-order valence-electron chi connectivity index (χ4n) is 2.71. The maximum atomic E-state index is 13.6. The molecule has 1 fully saturated rings. The van der Waals surface area contributed by atoms with Crippen LogP contribution in [0.4, 0.5) is 8.78 Å². The van der Waals surface area contributed by atoms with Crippen LogP contribution in [0.1, 0.15) is 38.2 Å². The van der Waals surface area contributed by atoms with Crippen LogP contribution in [0.3, 0.4) is 0 Å². The summed E-state index contributed by atoms with van der Waals surface area (Å²) < 4.78 is 26.4. The van der Waals surface area contributed by atoms with E-state index in [9.17, 15) is 8.78 Å². The van der Waals surface area contributed by atoms with Crippen molar-refractivity contribution in [3.05, 3.63) is 35.4 Å². The molecular formula is C15H19BrF2. The van der Waals surface area contributed by atoms with Gasteiger partial charge < -0.3 is 0 Å². The number of benzene rings is 1. The van der Waals surface area contributed by atoms with Gasteiger partial charge in [-0.2, -0.15) is 0 Å². The van der Waals surface area contributed by atoms with E-state index in [2.05, 4.69) is 22.9 Å². The lowest BCUT2D eigenvalue weighted by atomic mass is 9.80. The Kier molecular flexibility index (Phi) is 4.77. The molecule has 0 spiro atoms. The first-order valence-electron chi connectivity index (χ1n) is 6.64. The summed E-state index contributed by atoms with van der Waals surface area (Å²) in [6.45, 7) is 2.29. The summed E-state index contributed by atoms with van der Waals surface area (Å²) in [5, 5.41) is 0. The standard InChI is InChI=1S/C15H19BrF2/c1-10-2-4-11(5-3-10)14(16)8-12-6-7-13(17)9-15(12)18/h6-7,9-11,14H,2-5,8H2,1H3. The second-order valence-electron chi connectivity index (χ2n) is 5.48. The molecule has 1 aromatic rings. The Morgan fingerprint density at radius 2 is 1.89 bits per heavy atom. The van der Waals surface area contributed by atoms with E-state index in [1.807, 2.05) is 0 Å². The van der Waals surface area contributed by atoms with Crippen LogP contribution in [0.15, 0.2) is 18.2 Å². The summed E-state index contributed by atoms with van der Waals surface area (Å²) in [4.78, 5) is 0.296. The van der Waals surface area contributed by atoms with Crippen molar-refractivity contribution >= 4 is 15.9 Å². The van der Waals surface area contributed by atoms with Gasteiger partial charge in [0.2, 0.25) is 0 Å². The third kappa shape index (κ3) is 3.53. The van der Waals surface area contributed by atoms with Crippen LogP contribution in [0.5, 0.6) is 0 Å². The van der Waals surface area contributed by atoms with E-state index >= 15 is 0 Å². The predicted molar refractivity (Wildman–Crippen MR) is 73.9 cm³/mol. The topological polar surface area (TPSA) is 0 Å². The molecule has 0 aromatic heterocycles. The quantitative estimate of drug-likeness (QED) is 0.681. The van der Waals surface area contributed by atoms with Gasteiger partial charge in [0.25, 0.3) is 0 Å². The van der Waals surface area contributed by atoms with Gasteiger partial charge in [0.15, 0.2) is 0 Å². The average Bonchev–Trinajstić information content (AvgIpc) is 2.33. The van der Waals surface area contributed by atoms with E-state index in [4.69, 9.17) is 0 Å². The van der Waals surface area contributed by atoms with Gasteiger partial charge in [-0.15, -0.1) is 0 Å². The fourth-order valence-corrected chi connectivity index (χ4v) is 3.59. The normalized spacial score (nSPS) is 26.0. The molecule has 18 heavy (non-hydrogen) atoms. The zero-order valence-corrected chi connectivity index (χ0v) is 12.2. The SMILES string of the molecule is CC1CCC(C(Br)Cc2ccc(F)cc2F)CC1. The zero-order chi connectivity index (χ0) is 13.1. The lowest BCUT2D eigenvalue weighted by Crippen LogP contribution is -2.22. The summed E-state index contributed by atoms with van der Waals surface area (Å²) in [6, 6.07) is 3.86. The van der Waals surface area contributed by atoms with E-state index in [0.29, 0.717) is 22.7 Å². The van der Waals surface area contributed by atoms with Gasteiger partial charge in [-0.25, -0.2) is 8.78 Å². The number of rotatable bonds is 3. The van der Waals surface area contributed by atoms with Crippen LogP contribution in [-0.4, -0.2) is 4.83 Å². The third-order valence-electron chi connectivity index (χ3n) is 4.00. The van der Waals surface area contributed by atoms with E-state index in [0.717, 1.165) is 12.0 Å². The molecule has 1 aliphatic carbocycles. The average molecular weight is 317 g/mol. The van der Waals surface area contributed by atoms with E-state index < -0.39 is 11.6 Å². The molecular weight excluding hydrogens is 298 g/mol.